The molecule has 1 aliphatic carbocycles. The Morgan fingerprint density at radius 3 is 2.13 bits per heavy atom. The number of sulfonamides is 1. The number of piperidine rings is 1. The zero-order chi connectivity index (χ0) is 31.1. The van der Waals surface area contributed by atoms with E-state index < -0.39 is 10.0 Å². The van der Waals surface area contributed by atoms with E-state index in [-0.39, 0.29) is 42.2 Å². The maximum absolute atomic E-state index is 13.7. The van der Waals surface area contributed by atoms with Crippen LogP contribution in [-0.2, 0) is 26.2 Å². The van der Waals surface area contributed by atoms with Crippen LogP contribution in [0.2, 0.25) is 0 Å². The molecule has 3 aliphatic rings. The number of nitrogens with one attached hydrogen (secondary N) is 2. The van der Waals surface area contributed by atoms with E-state index >= 15 is 0 Å². The Kier molecular flexibility index (Phi) is 12.6. The number of rotatable bonds is 12. The SMILES string of the molecule is CCCCN1C(=O)[C@H](CC2CCCCC2)NC(=O)[C@@H]1C1CCN(Cc2ccc(Oc3ccc(NS(C)(=O)=O)cc3)cc2)CC1.Cl. The fourth-order valence-corrected chi connectivity index (χ4v) is 7.61. The lowest BCUT2D eigenvalue weighted by atomic mass is 9.82. The molecule has 248 valence electrons. The van der Waals surface area contributed by atoms with Gasteiger partial charge in [0.05, 0.1) is 6.26 Å². The van der Waals surface area contributed by atoms with Crippen molar-refractivity contribution in [3.8, 4) is 11.5 Å². The summed E-state index contributed by atoms with van der Waals surface area (Å²) in [6.07, 6.45) is 11.7. The fourth-order valence-electron chi connectivity index (χ4n) is 7.05. The summed E-state index contributed by atoms with van der Waals surface area (Å²) < 4.78 is 31.2. The number of amides is 2. The molecule has 0 aromatic heterocycles. The van der Waals surface area contributed by atoms with Crippen molar-refractivity contribution < 1.29 is 22.7 Å². The molecule has 2 aromatic rings. The zero-order valence-electron chi connectivity index (χ0n) is 26.6. The molecule has 9 nitrogen and oxygen atoms in total. The molecular formula is C34H49ClN4O5S. The maximum atomic E-state index is 13.7. The van der Waals surface area contributed by atoms with Crippen molar-refractivity contribution in [1.29, 1.82) is 0 Å². The lowest BCUT2D eigenvalue weighted by molar-refractivity contribution is -0.153. The summed E-state index contributed by atoms with van der Waals surface area (Å²) in [5.74, 6) is 2.24. The zero-order valence-corrected chi connectivity index (χ0v) is 28.2. The quantitative estimate of drug-likeness (QED) is 0.291. The molecule has 2 atom stereocenters. The highest BCUT2D eigenvalue weighted by atomic mass is 35.5. The second-order valence-electron chi connectivity index (χ2n) is 12.9. The van der Waals surface area contributed by atoms with Crippen LogP contribution in [0.1, 0.15) is 76.7 Å². The number of piperazine rings is 1. The molecule has 2 amide bonds. The van der Waals surface area contributed by atoms with Gasteiger partial charge >= 0.3 is 0 Å². The first kappa shape index (κ1) is 35.0. The Bertz CT molecular complexity index is 1360. The summed E-state index contributed by atoms with van der Waals surface area (Å²) in [4.78, 5) is 31.6. The molecule has 45 heavy (non-hydrogen) atoms. The monoisotopic (exact) mass is 660 g/mol. The summed E-state index contributed by atoms with van der Waals surface area (Å²) >= 11 is 0. The van der Waals surface area contributed by atoms with Gasteiger partial charge in [-0.25, -0.2) is 8.42 Å². The van der Waals surface area contributed by atoms with E-state index in [9.17, 15) is 18.0 Å². The number of carbonyl (C=O) groups excluding carboxylic acids is 2. The number of unbranched alkanes of at least 4 members (excludes halogenated alkanes) is 1. The Morgan fingerprint density at radius 1 is 0.911 bits per heavy atom. The third kappa shape index (κ3) is 9.83. The van der Waals surface area contributed by atoms with Gasteiger partial charge in [-0.1, -0.05) is 57.6 Å². The topological polar surface area (TPSA) is 108 Å². The fraction of sp³-hybridized carbons (Fsp3) is 0.588. The Hall–Kier alpha value is -2.82. The first-order valence-corrected chi connectivity index (χ1v) is 18.3. The maximum Gasteiger partial charge on any atom is 0.245 e. The number of likely N-dealkylation sites (tertiary alicyclic amines) is 1. The van der Waals surface area contributed by atoms with Crippen molar-refractivity contribution in [3.63, 3.8) is 0 Å². The van der Waals surface area contributed by atoms with E-state index in [1.165, 1.54) is 37.7 Å². The van der Waals surface area contributed by atoms with E-state index in [1.807, 2.05) is 17.0 Å². The van der Waals surface area contributed by atoms with Crippen LogP contribution < -0.4 is 14.8 Å². The van der Waals surface area contributed by atoms with Gasteiger partial charge in [0.2, 0.25) is 21.8 Å². The van der Waals surface area contributed by atoms with Gasteiger partial charge in [0.15, 0.2) is 0 Å². The summed E-state index contributed by atoms with van der Waals surface area (Å²) in [5.41, 5.74) is 1.67. The van der Waals surface area contributed by atoms with Gasteiger partial charge in [-0.05, 0) is 92.6 Å². The van der Waals surface area contributed by atoms with Gasteiger partial charge in [0.1, 0.15) is 23.6 Å². The predicted molar refractivity (Wildman–Crippen MR) is 180 cm³/mol. The van der Waals surface area contributed by atoms with Gasteiger partial charge in [0.25, 0.3) is 0 Å². The predicted octanol–water partition coefficient (Wildman–Crippen LogP) is 5.95. The van der Waals surface area contributed by atoms with Gasteiger partial charge in [-0.2, -0.15) is 0 Å². The molecule has 0 bridgehead atoms. The van der Waals surface area contributed by atoms with Gasteiger partial charge in [-0.15, -0.1) is 12.4 Å². The number of ether oxygens (including phenoxy) is 1. The molecule has 2 aromatic carbocycles. The van der Waals surface area contributed by atoms with Crippen LogP contribution in [-0.4, -0.2) is 68.0 Å². The van der Waals surface area contributed by atoms with Crippen molar-refractivity contribution in [2.24, 2.45) is 11.8 Å². The second kappa shape index (κ2) is 16.1. The highest BCUT2D eigenvalue weighted by Gasteiger charge is 2.45. The molecule has 11 heteroatoms. The highest BCUT2D eigenvalue weighted by molar-refractivity contribution is 7.92. The summed E-state index contributed by atoms with van der Waals surface area (Å²) in [5, 5.41) is 3.17. The lowest BCUT2D eigenvalue weighted by Crippen LogP contribution is -2.66. The number of anilines is 1. The second-order valence-corrected chi connectivity index (χ2v) is 14.6. The van der Waals surface area contributed by atoms with Crippen molar-refractivity contribution in [2.75, 3.05) is 30.6 Å². The number of hydrogen-bond donors (Lipinski definition) is 2. The van der Waals surface area contributed by atoms with Crippen LogP contribution in [0.15, 0.2) is 48.5 Å². The average Bonchev–Trinajstić information content (AvgIpc) is 3.00. The van der Waals surface area contributed by atoms with E-state index in [4.69, 9.17) is 4.74 Å². The molecule has 2 saturated heterocycles. The normalized spacial score (nSPS) is 22.0. The van der Waals surface area contributed by atoms with Crippen LogP contribution in [0.25, 0.3) is 0 Å². The summed E-state index contributed by atoms with van der Waals surface area (Å²) in [6, 6.07) is 14.1. The molecular weight excluding hydrogens is 612 g/mol. The minimum absolute atomic E-state index is 0. The standard InChI is InChI=1S/C34H48N4O5S.ClH/c1-3-4-20-38-32(33(39)35-31(34(38)40)23-25-8-6-5-7-9-25)27-18-21-37(22-19-27)24-26-10-14-29(15-11-26)43-30-16-12-28(13-17-30)36-44(2,41)42;/h10-17,25,27,31-32,36H,3-9,18-24H2,1-2H3,(H,35,39);1H/t31-,32-;/m0./s1. The van der Waals surface area contributed by atoms with E-state index in [2.05, 4.69) is 34.0 Å². The van der Waals surface area contributed by atoms with Crippen LogP contribution in [0.4, 0.5) is 5.69 Å². The molecule has 0 spiro atoms. The van der Waals surface area contributed by atoms with Crippen LogP contribution in [0.3, 0.4) is 0 Å². The molecule has 0 unspecified atom stereocenters. The number of nitrogens with zero attached hydrogens (tertiary/aromatic N) is 2. The Balaban J connectivity index is 0.00000461. The Morgan fingerprint density at radius 2 is 1.53 bits per heavy atom. The van der Waals surface area contributed by atoms with Crippen molar-refractivity contribution in [1.82, 2.24) is 15.1 Å². The van der Waals surface area contributed by atoms with Crippen LogP contribution in [0.5, 0.6) is 11.5 Å². The minimum Gasteiger partial charge on any atom is -0.457 e. The highest BCUT2D eigenvalue weighted by Crippen LogP contribution is 2.32. The van der Waals surface area contributed by atoms with Crippen molar-refractivity contribution in [3.05, 3.63) is 54.1 Å². The molecule has 5 rings (SSSR count). The van der Waals surface area contributed by atoms with Gasteiger partial charge in [-0.3, -0.25) is 19.2 Å². The van der Waals surface area contributed by atoms with Crippen LogP contribution >= 0.6 is 12.4 Å². The van der Waals surface area contributed by atoms with Gasteiger partial charge < -0.3 is 15.0 Å². The first-order chi connectivity index (χ1) is 21.2. The largest absolute Gasteiger partial charge is 0.457 e. The molecule has 0 radical (unpaired) electrons. The lowest BCUT2D eigenvalue weighted by Gasteiger charge is -2.45. The molecule has 2 aliphatic heterocycles. The summed E-state index contributed by atoms with van der Waals surface area (Å²) in [7, 11) is -3.32. The number of carbonyl (C=O) groups is 2. The van der Waals surface area contributed by atoms with Crippen molar-refractivity contribution >= 4 is 39.9 Å². The minimum atomic E-state index is -3.32. The average molecular weight is 661 g/mol. The summed E-state index contributed by atoms with van der Waals surface area (Å²) in [6.45, 7) is 5.41. The molecule has 3 fully saturated rings. The van der Waals surface area contributed by atoms with E-state index in [0.29, 0.717) is 29.6 Å². The Labute approximate surface area is 274 Å². The van der Waals surface area contributed by atoms with Crippen LogP contribution in [0, 0.1) is 11.8 Å². The number of hydrogen-bond acceptors (Lipinski definition) is 6. The molecule has 1 saturated carbocycles. The first-order valence-electron chi connectivity index (χ1n) is 16.4. The van der Waals surface area contributed by atoms with Crippen molar-refractivity contribution in [2.45, 2.75) is 89.8 Å². The molecule has 2 heterocycles. The smallest absolute Gasteiger partial charge is 0.245 e. The number of benzene rings is 2. The van der Waals surface area contributed by atoms with E-state index in [0.717, 1.165) is 58.0 Å². The third-order valence-corrected chi connectivity index (χ3v) is 9.96. The number of halogens is 1. The molecule has 2 N–H and O–H groups in total. The van der Waals surface area contributed by atoms with E-state index in [1.54, 1.807) is 24.3 Å². The third-order valence-electron chi connectivity index (χ3n) is 9.35. The van der Waals surface area contributed by atoms with Gasteiger partial charge in [0, 0.05) is 18.8 Å².